The molecule has 1 heterocycles. The average Bonchev–Trinajstić information content (AvgIpc) is 2.67. The van der Waals surface area contributed by atoms with Crippen LogP contribution < -0.4 is 0 Å². The molecule has 3 nitrogen and oxygen atoms in total. The van der Waals surface area contributed by atoms with Gasteiger partial charge in [-0.2, -0.15) is 0 Å². The fourth-order valence-electron chi connectivity index (χ4n) is 1.13. The van der Waals surface area contributed by atoms with E-state index in [0.29, 0.717) is 5.89 Å². The topological polar surface area (TPSA) is 46.3 Å². The fraction of sp³-hybridized carbons (Fsp3) is 0.100. The molecule has 2 rings (SSSR count). The first-order chi connectivity index (χ1) is 6.40. The highest BCUT2D eigenvalue weighted by molar-refractivity contribution is 5.57. The molecule has 66 valence electrons. The van der Waals surface area contributed by atoms with Crippen molar-refractivity contribution in [1.29, 1.82) is 0 Å². The van der Waals surface area contributed by atoms with Crippen LogP contribution in [-0.4, -0.2) is 10.1 Å². The molecule has 0 radical (unpaired) electrons. The lowest BCUT2D eigenvalue weighted by Gasteiger charge is -1.91. The normalized spacial score (nSPS) is 10.2. The Bertz CT molecular complexity index is 381. The molecule has 0 aliphatic carbocycles. The number of benzene rings is 1. The lowest BCUT2D eigenvalue weighted by atomic mass is 10.2. The first kappa shape index (κ1) is 8.01. The van der Waals surface area contributed by atoms with E-state index in [2.05, 4.69) is 4.98 Å². The third kappa shape index (κ3) is 1.60. The van der Waals surface area contributed by atoms with E-state index < -0.39 is 0 Å². The van der Waals surface area contributed by atoms with Crippen molar-refractivity contribution in [3.8, 4) is 11.3 Å². The van der Waals surface area contributed by atoms with Crippen molar-refractivity contribution in [2.45, 2.75) is 6.61 Å². The second kappa shape index (κ2) is 3.41. The SMILES string of the molecule is OCc1nc(-c2ccccc2)co1. The Labute approximate surface area is 75.7 Å². The summed E-state index contributed by atoms with van der Waals surface area (Å²) in [6.07, 6.45) is 1.54. The summed E-state index contributed by atoms with van der Waals surface area (Å²) in [5.74, 6) is 0.346. The Morgan fingerprint density at radius 2 is 2.00 bits per heavy atom. The highest BCUT2D eigenvalue weighted by Gasteiger charge is 2.03. The number of oxazole rings is 1. The van der Waals surface area contributed by atoms with Crippen LogP contribution in [0.5, 0.6) is 0 Å². The van der Waals surface area contributed by atoms with Crippen LogP contribution in [-0.2, 0) is 6.61 Å². The van der Waals surface area contributed by atoms with Gasteiger partial charge < -0.3 is 9.52 Å². The minimum atomic E-state index is -0.160. The van der Waals surface area contributed by atoms with Gasteiger partial charge in [-0.25, -0.2) is 4.98 Å². The van der Waals surface area contributed by atoms with Crippen molar-refractivity contribution < 1.29 is 9.52 Å². The van der Waals surface area contributed by atoms with E-state index in [1.165, 1.54) is 0 Å². The molecule has 0 saturated heterocycles. The van der Waals surface area contributed by atoms with Gasteiger partial charge in [0, 0.05) is 5.56 Å². The molecule has 13 heavy (non-hydrogen) atoms. The Morgan fingerprint density at radius 3 is 2.62 bits per heavy atom. The Hall–Kier alpha value is -1.61. The highest BCUT2D eigenvalue weighted by atomic mass is 16.4. The molecular weight excluding hydrogens is 166 g/mol. The van der Waals surface area contributed by atoms with Gasteiger partial charge in [-0.15, -0.1) is 0 Å². The van der Waals surface area contributed by atoms with Crippen LogP contribution in [0.3, 0.4) is 0 Å². The smallest absolute Gasteiger partial charge is 0.220 e. The van der Waals surface area contributed by atoms with Gasteiger partial charge in [0.1, 0.15) is 18.6 Å². The van der Waals surface area contributed by atoms with Gasteiger partial charge >= 0.3 is 0 Å². The fourth-order valence-corrected chi connectivity index (χ4v) is 1.13. The molecule has 0 aliphatic rings. The van der Waals surface area contributed by atoms with Crippen molar-refractivity contribution in [3.05, 3.63) is 42.5 Å². The zero-order chi connectivity index (χ0) is 9.10. The molecule has 0 amide bonds. The summed E-state index contributed by atoms with van der Waals surface area (Å²) in [6.45, 7) is -0.160. The van der Waals surface area contributed by atoms with Crippen molar-refractivity contribution in [3.63, 3.8) is 0 Å². The van der Waals surface area contributed by atoms with E-state index in [0.717, 1.165) is 11.3 Å². The monoisotopic (exact) mass is 175 g/mol. The molecule has 0 unspecified atom stereocenters. The first-order valence-electron chi connectivity index (χ1n) is 4.01. The summed E-state index contributed by atoms with van der Waals surface area (Å²) >= 11 is 0. The third-order valence-electron chi connectivity index (χ3n) is 1.76. The summed E-state index contributed by atoms with van der Waals surface area (Å²) in [4.78, 5) is 4.08. The predicted octanol–water partition coefficient (Wildman–Crippen LogP) is 1.83. The molecule has 2 aromatic rings. The van der Waals surface area contributed by atoms with E-state index in [-0.39, 0.29) is 6.61 Å². The Morgan fingerprint density at radius 1 is 1.23 bits per heavy atom. The highest BCUT2D eigenvalue weighted by Crippen LogP contribution is 2.17. The molecule has 0 spiro atoms. The quantitative estimate of drug-likeness (QED) is 0.757. The maximum atomic E-state index is 8.74. The zero-order valence-electron chi connectivity index (χ0n) is 6.97. The van der Waals surface area contributed by atoms with E-state index in [4.69, 9.17) is 9.52 Å². The second-order valence-electron chi connectivity index (χ2n) is 2.65. The molecule has 0 atom stereocenters. The number of hydrogen-bond acceptors (Lipinski definition) is 3. The van der Waals surface area contributed by atoms with Gasteiger partial charge in [0.2, 0.25) is 5.89 Å². The van der Waals surface area contributed by atoms with Crippen LogP contribution in [0.4, 0.5) is 0 Å². The number of nitrogens with zero attached hydrogens (tertiary/aromatic N) is 1. The van der Waals surface area contributed by atoms with Crippen LogP contribution in [0, 0.1) is 0 Å². The van der Waals surface area contributed by atoms with Gasteiger partial charge in [-0.05, 0) is 0 Å². The van der Waals surface area contributed by atoms with Crippen LogP contribution >= 0.6 is 0 Å². The van der Waals surface area contributed by atoms with E-state index in [1.54, 1.807) is 6.26 Å². The number of aliphatic hydroxyl groups is 1. The molecule has 1 aromatic heterocycles. The van der Waals surface area contributed by atoms with Crippen LogP contribution in [0.2, 0.25) is 0 Å². The summed E-state index contributed by atoms with van der Waals surface area (Å²) in [5, 5.41) is 8.74. The maximum Gasteiger partial charge on any atom is 0.220 e. The summed E-state index contributed by atoms with van der Waals surface area (Å²) in [5.41, 5.74) is 1.75. The molecule has 0 aliphatic heterocycles. The summed E-state index contributed by atoms with van der Waals surface area (Å²) < 4.78 is 5.01. The van der Waals surface area contributed by atoms with Gasteiger partial charge in [0.15, 0.2) is 0 Å². The molecule has 1 aromatic carbocycles. The Kier molecular flexibility index (Phi) is 2.10. The van der Waals surface area contributed by atoms with Gasteiger partial charge in [0.05, 0.1) is 0 Å². The van der Waals surface area contributed by atoms with Gasteiger partial charge in [-0.3, -0.25) is 0 Å². The third-order valence-corrected chi connectivity index (χ3v) is 1.76. The number of hydrogen-bond donors (Lipinski definition) is 1. The number of aliphatic hydroxyl groups excluding tert-OH is 1. The molecule has 0 bridgehead atoms. The molecule has 3 heteroatoms. The van der Waals surface area contributed by atoms with Crippen molar-refractivity contribution in [2.75, 3.05) is 0 Å². The van der Waals surface area contributed by atoms with Crippen molar-refractivity contribution in [2.24, 2.45) is 0 Å². The molecule has 0 saturated carbocycles. The molecular formula is C10H9NO2. The first-order valence-corrected chi connectivity index (χ1v) is 4.01. The molecule has 0 fully saturated rings. The van der Waals surface area contributed by atoms with E-state index in [1.807, 2.05) is 30.3 Å². The lowest BCUT2D eigenvalue weighted by Crippen LogP contribution is -1.82. The predicted molar refractivity (Wildman–Crippen MR) is 47.9 cm³/mol. The average molecular weight is 175 g/mol. The minimum absolute atomic E-state index is 0.160. The van der Waals surface area contributed by atoms with Gasteiger partial charge in [-0.1, -0.05) is 30.3 Å². The van der Waals surface area contributed by atoms with Gasteiger partial charge in [0.25, 0.3) is 0 Å². The summed E-state index contributed by atoms with van der Waals surface area (Å²) in [6, 6.07) is 9.69. The largest absolute Gasteiger partial charge is 0.446 e. The van der Waals surface area contributed by atoms with Crippen LogP contribution in [0.1, 0.15) is 5.89 Å². The number of rotatable bonds is 2. The van der Waals surface area contributed by atoms with E-state index >= 15 is 0 Å². The van der Waals surface area contributed by atoms with Crippen LogP contribution in [0.15, 0.2) is 41.0 Å². The zero-order valence-corrected chi connectivity index (χ0v) is 6.97. The van der Waals surface area contributed by atoms with Crippen molar-refractivity contribution >= 4 is 0 Å². The second-order valence-corrected chi connectivity index (χ2v) is 2.65. The Balaban J connectivity index is 2.36. The van der Waals surface area contributed by atoms with E-state index in [9.17, 15) is 0 Å². The minimum Gasteiger partial charge on any atom is -0.446 e. The van der Waals surface area contributed by atoms with Crippen molar-refractivity contribution in [1.82, 2.24) is 4.98 Å². The summed E-state index contributed by atoms with van der Waals surface area (Å²) in [7, 11) is 0. The van der Waals surface area contributed by atoms with Crippen LogP contribution in [0.25, 0.3) is 11.3 Å². The maximum absolute atomic E-state index is 8.74. The molecule has 1 N–H and O–H groups in total. The lowest BCUT2D eigenvalue weighted by molar-refractivity contribution is 0.240. The standard InChI is InChI=1S/C10H9NO2/c12-6-10-11-9(7-13-10)8-4-2-1-3-5-8/h1-5,7,12H,6H2. The number of aromatic nitrogens is 1.